The average molecular weight is 577 g/mol. The first-order valence-electron chi connectivity index (χ1n) is 10.5. The minimum atomic E-state index is -3.42. The van der Waals surface area contributed by atoms with E-state index in [1.165, 1.54) is 10.6 Å². The number of benzene rings is 1. The number of anilines is 1. The highest BCUT2D eigenvalue weighted by Gasteiger charge is 2.29. The van der Waals surface area contributed by atoms with Gasteiger partial charge in [0.15, 0.2) is 5.96 Å². The van der Waals surface area contributed by atoms with Crippen LogP contribution in [0.4, 0.5) is 5.69 Å². The highest BCUT2D eigenvalue weighted by atomic mass is 127. The van der Waals surface area contributed by atoms with E-state index < -0.39 is 10.0 Å². The fraction of sp³-hybridized carbons (Fsp3) is 0.524. The van der Waals surface area contributed by atoms with Crippen molar-refractivity contribution in [2.24, 2.45) is 10.9 Å². The largest absolute Gasteiger partial charge is 0.380 e. The number of nitrogens with one attached hydrogen (secondary N) is 2. The van der Waals surface area contributed by atoms with Crippen molar-refractivity contribution in [3.05, 3.63) is 48.4 Å². The molecule has 1 atom stereocenters. The first-order chi connectivity index (χ1) is 14.9. The number of piperazine rings is 1. The topological polar surface area (TPSA) is 103 Å². The van der Waals surface area contributed by atoms with Crippen LogP contribution in [0.25, 0.3) is 0 Å². The third-order valence-corrected chi connectivity index (χ3v) is 7.19. The third-order valence-electron chi connectivity index (χ3n) is 5.38. The lowest BCUT2D eigenvalue weighted by Crippen LogP contribution is -2.55. The van der Waals surface area contributed by atoms with E-state index >= 15 is 0 Å². The second-order valence-electron chi connectivity index (χ2n) is 7.92. The summed E-state index contributed by atoms with van der Waals surface area (Å²) in [5, 5.41) is 10.7. The Kier molecular flexibility index (Phi) is 10.2. The molecule has 3 rings (SSSR count). The normalized spacial score (nSPS) is 16.5. The number of aliphatic imine (C=N–C) groups is 1. The van der Waals surface area contributed by atoms with Crippen molar-refractivity contribution in [3.63, 3.8) is 0 Å². The van der Waals surface area contributed by atoms with Crippen LogP contribution in [0.2, 0.25) is 0 Å². The van der Waals surface area contributed by atoms with Gasteiger partial charge < -0.3 is 20.1 Å². The van der Waals surface area contributed by atoms with Gasteiger partial charge >= 0.3 is 0 Å². The summed E-state index contributed by atoms with van der Waals surface area (Å²) >= 11 is 0. The van der Waals surface area contributed by atoms with Gasteiger partial charge in [-0.3, -0.25) is 4.99 Å². The molecule has 2 aromatic rings. The maximum absolute atomic E-state index is 12.6. The zero-order valence-electron chi connectivity index (χ0n) is 18.8. The zero-order chi connectivity index (χ0) is 22.3. The number of rotatable bonds is 8. The van der Waals surface area contributed by atoms with Gasteiger partial charge in [0.1, 0.15) is 12.0 Å². The Bertz CT molecular complexity index is 930. The Morgan fingerprint density at radius 1 is 1.16 bits per heavy atom. The molecule has 1 aliphatic rings. The summed E-state index contributed by atoms with van der Waals surface area (Å²) in [5.74, 6) is 1.07. The molecule has 1 aromatic carbocycles. The minimum absolute atomic E-state index is 0. The van der Waals surface area contributed by atoms with E-state index in [1.54, 1.807) is 13.1 Å². The second kappa shape index (κ2) is 12.4. The van der Waals surface area contributed by atoms with Gasteiger partial charge in [0.05, 0.1) is 5.69 Å². The lowest BCUT2D eigenvalue weighted by molar-refractivity contribution is 0.259. The highest BCUT2D eigenvalue weighted by molar-refractivity contribution is 14.0. The number of aromatic nitrogens is 1. The predicted octanol–water partition coefficient (Wildman–Crippen LogP) is 2.45. The maximum Gasteiger partial charge on any atom is 0.220 e. The van der Waals surface area contributed by atoms with Crippen molar-refractivity contribution in [2.75, 3.05) is 45.1 Å². The molecule has 0 amide bonds. The molecule has 0 spiro atoms. The Morgan fingerprint density at radius 2 is 1.84 bits per heavy atom. The molecule has 32 heavy (non-hydrogen) atoms. The highest BCUT2D eigenvalue weighted by Crippen LogP contribution is 2.14. The molecular weight excluding hydrogens is 543 g/mol. The summed E-state index contributed by atoms with van der Waals surface area (Å²) in [5.41, 5.74) is 1.51. The van der Waals surface area contributed by atoms with Gasteiger partial charge in [0, 0.05) is 57.6 Å². The van der Waals surface area contributed by atoms with Crippen LogP contribution in [0.5, 0.6) is 0 Å². The molecule has 0 radical (unpaired) electrons. The average Bonchev–Trinajstić information content (AvgIpc) is 3.26. The molecule has 1 saturated heterocycles. The van der Waals surface area contributed by atoms with Gasteiger partial charge in [-0.05, 0) is 18.1 Å². The minimum Gasteiger partial charge on any atom is -0.380 e. The van der Waals surface area contributed by atoms with E-state index in [4.69, 9.17) is 4.52 Å². The lowest BCUT2D eigenvalue weighted by Gasteiger charge is -2.36. The molecule has 0 aliphatic carbocycles. The van der Waals surface area contributed by atoms with Crippen LogP contribution in [-0.2, 0) is 15.8 Å². The van der Waals surface area contributed by atoms with Crippen LogP contribution in [0.3, 0.4) is 0 Å². The van der Waals surface area contributed by atoms with Crippen LogP contribution in [0.15, 0.2) is 52.2 Å². The van der Waals surface area contributed by atoms with Crippen molar-refractivity contribution in [1.29, 1.82) is 0 Å². The monoisotopic (exact) mass is 576 g/mol. The van der Waals surface area contributed by atoms with Crippen molar-refractivity contribution < 1.29 is 12.9 Å². The molecule has 1 aromatic heterocycles. The Balaban J connectivity index is 0.00000363. The van der Waals surface area contributed by atoms with Crippen molar-refractivity contribution in [2.45, 2.75) is 25.6 Å². The summed E-state index contributed by atoms with van der Waals surface area (Å²) in [6.07, 6.45) is 1.38. The smallest absolute Gasteiger partial charge is 0.220 e. The SMILES string of the molecule is CN=C(NCC(Nc1ccccc1)C(C)C)N1CCN(S(=O)(=O)Cc2ccon2)CC1.I. The molecule has 1 unspecified atom stereocenters. The van der Waals surface area contributed by atoms with Crippen LogP contribution < -0.4 is 10.6 Å². The van der Waals surface area contributed by atoms with Crippen LogP contribution in [0, 0.1) is 5.92 Å². The van der Waals surface area contributed by atoms with Gasteiger partial charge in [0.2, 0.25) is 10.0 Å². The molecular formula is C21H33IN6O3S. The number of para-hydroxylation sites is 1. The Morgan fingerprint density at radius 3 is 2.41 bits per heavy atom. The Hall–Kier alpha value is -1.86. The van der Waals surface area contributed by atoms with E-state index in [-0.39, 0.29) is 35.8 Å². The third kappa shape index (κ3) is 7.34. The first kappa shape index (κ1) is 26.4. The summed E-state index contributed by atoms with van der Waals surface area (Å²) < 4.78 is 31.5. The zero-order valence-corrected chi connectivity index (χ0v) is 21.9. The van der Waals surface area contributed by atoms with Gasteiger partial charge in [-0.1, -0.05) is 37.2 Å². The molecule has 1 aliphatic heterocycles. The molecule has 11 heteroatoms. The summed E-state index contributed by atoms with van der Waals surface area (Å²) in [7, 11) is -1.66. The van der Waals surface area contributed by atoms with Crippen molar-refractivity contribution >= 4 is 45.6 Å². The van der Waals surface area contributed by atoms with E-state index in [0.717, 1.165) is 11.6 Å². The van der Waals surface area contributed by atoms with Crippen LogP contribution in [0.1, 0.15) is 19.5 Å². The quantitative estimate of drug-likeness (QED) is 0.283. The number of sulfonamides is 1. The lowest BCUT2D eigenvalue weighted by atomic mass is 10.0. The molecule has 2 heterocycles. The number of hydrogen-bond acceptors (Lipinski definition) is 6. The molecule has 0 bridgehead atoms. The van der Waals surface area contributed by atoms with E-state index in [1.807, 2.05) is 18.2 Å². The molecule has 1 fully saturated rings. The van der Waals surface area contributed by atoms with E-state index in [9.17, 15) is 8.42 Å². The number of hydrogen-bond donors (Lipinski definition) is 2. The maximum atomic E-state index is 12.6. The fourth-order valence-corrected chi connectivity index (χ4v) is 4.93. The van der Waals surface area contributed by atoms with Gasteiger partial charge in [-0.25, -0.2) is 8.42 Å². The van der Waals surface area contributed by atoms with Gasteiger partial charge in [-0.2, -0.15) is 4.31 Å². The predicted molar refractivity (Wildman–Crippen MR) is 138 cm³/mol. The summed E-state index contributed by atoms with van der Waals surface area (Å²) in [6, 6.07) is 12.0. The number of nitrogens with zero attached hydrogens (tertiary/aromatic N) is 4. The standard InChI is InChI=1S/C21H32N6O3S.HI/c1-17(2)20(24-18-7-5-4-6-8-18)15-23-21(22-3)26-10-12-27(13-11-26)31(28,29)16-19-9-14-30-25-19;/h4-9,14,17,20,24H,10-13,15-16H2,1-3H3,(H,22,23);1H. The summed E-state index contributed by atoms with van der Waals surface area (Å²) in [4.78, 5) is 6.51. The van der Waals surface area contributed by atoms with Crippen LogP contribution >= 0.6 is 24.0 Å². The van der Waals surface area contributed by atoms with Crippen molar-refractivity contribution in [1.82, 2.24) is 19.7 Å². The molecule has 178 valence electrons. The fourth-order valence-electron chi connectivity index (χ4n) is 3.50. The second-order valence-corrected chi connectivity index (χ2v) is 9.89. The van der Waals surface area contributed by atoms with Crippen molar-refractivity contribution in [3.8, 4) is 0 Å². The van der Waals surface area contributed by atoms with Crippen LogP contribution in [-0.4, -0.2) is 74.6 Å². The number of halogens is 1. The molecule has 2 N–H and O–H groups in total. The number of guanidine groups is 1. The Labute approximate surface area is 207 Å². The van der Waals surface area contributed by atoms with E-state index in [0.29, 0.717) is 44.3 Å². The first-order valence-corrected chi connectivity index (χ1v) is 12.1. The molecule has 9 nitrogen and oxygen atoms in total. The van der Waals surface area contributed by atoms with Gasteiger partial charge in [-0.15, -0.1) is 24.0 Å². The summed E-state index contributed by atoms with van der Waals surface area (Å²) in [6.45, 7) is 7.07. The van der Waals surface area contributed by atoms with Gasteiger partial charge in [0.25, 0.3) is 0 Å². The molecule has 0 saturated carbocycles. The van der Waals surface area contributed by atoms with E-state index in [2.05, 4.69) is 51.7 Å².